The molecule has 0 saturated heterocycles. The molecular formula is C19H16N2O2. The largest absolute Gasteiger partial charge is 0.445 e. The summed E-state index contributed by atoms with van der Waals surface area (Å²) in [6.45, 7) is 0.500. The maximum atomic E-state index is 11.6. The van der Waals surface area contributed by atoms with Crippen LogP contribution in [0.25, 0.3) is 10.9 Å². The van der Waals surface area contributed by atoms with E-state index in [1.165, 1.54) is 0 Å². The molecule has 0 spiro atoms. The van der Waals surface area contributed by atoms with Crippen LogP contribution >= 0.6 is 0 Å². The number of hydrogen-bond acceptors (Lipinski definition) is 2. The Morgan fingerprint density at radius 2 is 2.00 bits per heavy atom. The van der Waals surface area contributed by atoms with Crippen LogP contribution in [-0.4, -0.2) is 17.6 Å². The molecule has 4 nitrogen and oxygen atoms in total. The summed E-state index contributed by atoms with van der Waals surface area (Å²) in [6, 6.07) is 17.5. The Kier molecular flexibility index (Phi) is 4.61. The van der Waals surface area contributed by atoms with Crippen molar-refractivity contribution in [2.24, 2.45) is 0 Å². The zero-order chi connectivity index (χ0) is 15.9. The number of amides is 1. The molecule has 0 unspecified atom stereocenters. The molecule has 3 rings (SSSR count). The van der Waals surface area contributed by atoms with Crippen molar-refractivity contribution >= 4 is 17.0 Å². The molecule has 2 aromatic carbocycles. The smallest absolute Gasteiger partial charge is 0.408 e. The number of hydrogen-bond donors (Lipinski definition) is 2. The Labute approximate surface area is 134 Å². The normalized spacial score (nSPS) is 9.91. The van der Waals surface area contributed by atoms with Gasteiger partial charge in [-0.2, -0.15) is 0 Å². The Hall–Kier alpha value is -3.19. The number of aromatic nitrogens is 1. The second kappa shape index (κ2) is 7.19. The van der Waals surface area contributed by atoms with Crippen LogP contribution in [0.2, 0.25) is 0 Å². The van der Waals surface area contributed by atoms with Gasteiger partial charge in [0.25, 0.3) is 0 Å². The number of fused-ring (bicyclic) bond motifs is 1. The quantitative estimate of drug-likeness (QED) is 0.728. The first-order valence-corrected chi connectivity index (χ1v) is 7.32. The Morgan fingerprint density at radius 3 is 2.87 bits per heavy atom. The van der Waals surface area contributed by atoms with Crippen molar-refractivity contribution in [3.63, 3.8) is 0 Å². The molecule has 0 aliphatic heterocycles. The summed E-state index contributed by atoms with van der Waals surface area (Å²) in [5.41, 5.74) is 2.90. The van der Waals surface area contributed by atoms with E-state index in [1.807, 2.05) is 60.8 Å². The zero-order valence-corrected chi connectivity index (χ0v) is 12.5. The van der Waals surface area contributed by atoms with Gasteiger partial charge in [0.2, 0.25) is 0 Å². The van der Waals surface area contributed by atoms with E-state index < -0.39 is 6.09 Å². The number of rotatable bonds is 3. The van der Waals surface area contributed by atoms with Gasteiger partial charge in [-0.15, -0.1) is 0 Å². The van der Waals surface area contributed by atoms with E-state index in [-0.39, 0.29) is 13.2 Å². The van der Waals surface area contributed by atoms with E-state index >= 15 is 0 Å². The molecule has 0 atom stereocenters. The van der Waals surface area contributed by atoms with Gasteiger partial charge in [0.1, 0.15) is 6.61 Å². The summed E-state index contributed by atoms with van der Waals surface area (Å²) < 4.78 is 5.10. The third kappa shape index (κ3) is 4.14. The van der Waals surface area contributed by atoms with Crippen LogP contribution in [0.4, 0.5) is 4.79 Å². The molecule has 0 radical (unpaired) electrons. The van der Waals surface area contributed by atoms with Gasteiger partial charge < -0.3 is 15.0 Å². The number of aromatic amines is 1. The lowest BCUT2D eigenvalue weighted by Crippen LogP contribution is -2.24. The first-order valence-electron chi connectivity index (χ1n) is 7.32. The predicted molar refractivity (Wildman–Crippen MR) is 89.8 cm³/mol. The average Bonchev–Trinajstić information content (AvgIpc) is 3.05. The lowest BCUT2D eigenvalue weighted by molar-refractivity contribution is 0.141. The molecule has 23 heavy (non-hydrogen) atoms. The van der Waals surface area contributed by atoms with Gasteiger partial charge in [-0.3, -0.25) is 0 Å². The maximum absolute atomic E-state index is 11.6. The molecule has 0 aliphatic rings. The molecule has 0 saturated carbocycles. The minimum absolute atomic E-state index is 0.246. The number of benzene rings is 2. The summed E-state index contributed by atoms with van der Waals surface area (Å²) in [5.74, 6) is 5.93. The molecular weight excluding hydrogens is 288 g/mol. The van der Waals surface area contributed by atoms with Gasteiger partial charge in [0.15, 0.2) is 0 Å². The Balaban J connectivity index is 1.46. The van der Waals surface area contributed by atoms with Crippen LogP contribution in [0, 0.1) is 11.8 Å². The van der Waals surface area contributed by atoms with Crippen molar-refractivity contribution in [3.8, 4) is 11.8 Å². The van der Waals surface area contributed by atoms with Gasteiger partial charge >= 0.3 is 6.09 Å². The predicted octanol–water partition coefficient (Wildman–Crippen LogP) is 3.45. The van der Waals surface area contributed by atoms with Crippen molar-refractivity contribution in [3.05, 3.63) is 71.9 Å². The molecule has 4 heteroatoms. The monoisotopic (exact) mass is 304 g/mol. The molecule has 1 amide bonds. The second-order valence-corrected chi connectivity index (χ2v) is 5.00. The first kappa shape index (κ1) is 14.7. The lowest BCUT2D eigenvalue weighted by Gasteiger charge is -2.04. The third-order valence-corrected chi connectivity index (χ3v) is 3.32. The van der Waals surface area contributed by atoms with Crippen LogP contribution in [0.1, 0.15) is 11.1 Å². The zero-order valence-electron chi connectivity index (χ0n) is 12.5. The van der Waals surface area contributed by atoms with Gasteiger partial charge in [0, 0.05) is 17.3 Å². The van der Waals surface area contributed by atoms with Gasteiger partial charge in [0.05, 0.1) is 6.54 Å². The Bertz CT molecular complexity index is 857. The van der Waals surface area contributed by atoms with E-state index in [2.05, 4.69) is 22.1 Å². The number of H-pyrrole nitrogens is 1. The molecule has 1 aromatic heterocycles. The van der Waals surface area contributed by atoms with E-state index in [0.29, 0.717) is 0 Å². The van der Waals surface area contributed by atoms with Crippen molar-refractivity contribution in [1.82, 2.24) is 10.3 Å². The maximum Gasteiger partial charge on any atom is 0.408 e. The highest BCUT2D eigenvalue weighted by molar-refractivity contribution is 5.80. The molecule has 0 aliphatic carbocycles. The van der Waals surface area contributed by atoms with Gasteiger partial charge in [-0.25, -0.2) is 4.79 Å². The SMILES string of the molecule is O=C(NCC#Cc1ccc2cc[nH]c2c1)OCc1ccccc1. The summed E-state index contributed by atoms with van der Waals surface area (Å²) >= 11 is 0. The summed E-state index contributed by atoms with van der Waals surface area (Å²) in [4.78, 5) is 14.7. The van der Waals surface area contributed by atoms with Crippen LogP contribution in [-0.2, 0) is 11.3 Å². The summed E-state index contributed by atoms with van der Waals surface area (Å²) in [5, 5.41) is 3.76. The summed E-state index contributed by atoms with van der Waals surface area (Å²) in [7, 11) is 0. The van der Waals surface area contributed by atoms with E-state index in [9.17, 15) is 4.79 Å². The number of alkyl carbamates (subject to hydrolysis) is 1. The lowest BCUT2D eigenvalue weighted by atomic mass is 10.2. The van der Waals surface area contributed by atoms with Crippen molar-refractivity contribution in [2.45, 2.75) is 6.61 Å². The Morgan fingerprint density at radius 1 is 1.13 bits per heavy atom. The van der Waals surface area contributed by atoms with Crippen LogP contribution in [0.15, 0.2) is 60.8 Å². The first-order chi connectivity index (χ1) is 11.3. The second-order valence-electron chi connectivity index (χ2n) is 5.00. The number of carbonyl (C=O) groups is 1. The fourth-order valence-corrected chi connectivity index (χ4v) is 2.16. The molecule has 1 heterocycles. The van der Waals surface area contributed by atoms with Gasteiger partial charge in [-0.1, -0.05) is 48.2 Å². The highest BCUT2D eigenvalue weighted by Gasteiger charge is 2.00. The molecule has 0 bridgehead atoms. The fourth-order valence-electron chi connectivity index (χ4n) is 2.16. The van der Waals surface area contributed by atoms with Gasteiger partial charge in [-0.05, 0) is 29.1 Å². The molecule has 2 N–H and O–H groups in total. The topological polar surface area (TPSA) is 54.1 Å². The highest BCUT2D eigenvalue weighted by Crippen LogP contribution is 2.13. The van der Waals surface area contributed by atoms with Crippen LogP contribution in [0.3, 0.4) is 0 Å². The minimum atomic E-state index is -0.469. The fraction of sp³-hybridized carbons (Fsp3) is 0.105. The number of nitrogens with one attached hydrogen (secondary N) is 2. The van der Waals surface area contributed by atoms with Crippen LogP contribution in [0.5, 0.6) is 0 Å². The van der Waals surface area contributed by atoms with E-state index in [0.717, 1.165) is 22.0 Å². The molecule has 114 valence electrons. The minimum Gasteiger partial charge on any atom is -0.445 e. The third-order valence-electron chi connectivity index (χ3n) is 3.32. The highest BCUT2D eigenvalue weighted by atomic mass is 16.5. The number of ether oxygens (including phenoxy) is 1. The van der Waals surface area contributed by atoms with Crippen molar-refractivity contribution in [1.29, 1.82) is 0 Å². The average molecular weight is 304 g/mol. The van der Waals surface area contributed by atoms with E-state index in [1.54, 1.807) is 0 Å². The van der Waals surface area contributed by atoms with Crippen molar-refractivity contribution in [2.75, 3.05) is 6.54 Å². The molecule has 3 aromatic rings. The number of carbonyl (C=O) groups excluding carboxylic acids is 1. The van der Waals surface area contributed by atoms with Crippen LogP contribution < -0.4 is 5.32 Å². The molecule has 0 fully saturated rings. The summed E-state index contributed by atoms with van der Waals surface area (Å²) in [6.07, 6.45) is 1.43. The van der Waals surface area contributed by atoms with E-state index in [4.69, 9.17) is 4.74 Å². The standard InChI is InChI=1S/C19H16N2O2/c22-19(23-14-16-5-2-1-3-6-16)21-11-4-7-15-8-9-17-10-12-20-18(17)13-15/h1-3,5-6,8-10,12-13,20H,11,14H2,(H,21,22). The van der Waals surface area contributed by atoms with Crippen molar-refractivity contribution < 1.29 is 9.53 Å².